The number of hydrogen-bond acceptors (Lipinski definition) is 4. The van der Waals surface area contributed by atoms with Crippen molar-refractivity contribution in [2.75, 3.05) is 13.2 Å². The van der Waals surface area contributed by atoms with Crippen molar-refractivity contribution in [2.45, 2.75) is 13.8 Å². The zero-order valence-corrected chi connectivity index (χ0v) is 10.9. The number of benzene rings is 1. The highest BCUT2D eigenvalue weighted by Crippen LogP contribution is 2.18. The van der Waals surface area contributed by atoms with Crippen molar-refractivity contribution in [1.29, 1.82) is 0 Å². The van der Waals surface area contributed by atoms with E-state index in [2.05, 4.69) is 0 Å². The molecule has 0 aliphatic carbocycles. The van der Waals surface area contributed by atoms with Crippen LogP contribution in [0.25, 0.3) is 10.9 Å². The van der Waals surface area contributed by atoms with Crippen molar-refractivity contribution < 1.29 is 19.0 Å². The Labute approximate surface area is 111 Å². The smallest absolute Gasteiger partial charge is 0.344 e. The summed E-state index contributed by atoms with van der Waals surface area (Å²) >= 11 is 0. The molecule has 0 atom stereocenters. The second kappa shape index (κ2) is 5.56. The summed E-state index contributed by atoms with van der Waals surface area (Å²) in [6, 6.07) is 8.65. The third kappa shape index (κ3) is 2.93. The third-order valence-electron chi connectivity index (χ3n) is 2.70. The summed E-state index contributed by atoms with van der Waals surface area (Å²) in [6.45, 7) is 3.68. The Hall–Kier alpha value is -2.30. The Morgan fingerprint density at radius 3 is 2.84 bits per heavy atom. The highest BCUT2D eigenvalue weighted by atomic mass is 16.6. The van der Waals surface area contributed by atoms with E-state index in [1.54, 1.807) is 38.1 Å². The van der Waals surface area contributed by atoms with Crippen molar-refractivity contribution in [3.05, 3.63) is 41.2 Å². The number of pyridine rings is 1. The molecule has 0 radical (unpaired) electrons. The molecule has 5 heteroatoms. The van der Waals surface area contributed by atoms with Gasteiger partial charge in [-0.05, 0) is 25.1 Å². The number of rotatable bonds is 4. The molecule has 0 fully saturated rings. The van der Waals surface area contributed by atoms with E-state index < -0.39 is 5.97 Å². The molecular formula is C14H15NO4. The molecule has 0 spiro atoms. The number of carbonyl (C=O) groups is 1. The highest BCUT2D eigenvalue weighted by Gasteiger charge is 2.09. The van der Waals surface area contributed by atoms with Crippen LogP contribution in [0.3, 0.4) is 0 Å². The van der Waals surface area contributed by atoms with Gasteiger partial charge in [-0.1, -0.05) is 0 Å². The highest BCUT2D eigenvalue weighted by molar-refractivity contribution is 5.77. The zero-order chi connectivity index (χ0) is 13.8. The summed E-state index contributed by atoms with van der Waals surface area (Å²) < 4.78 is 10.9. The standard InChI is InChI=1S/C14H15NO4/c1-3-18-14(16)9-19-12-6-7-13-11(8-12)5-4-10(2)15(13)17/h4-8H,3,9H2,1-2H3. The van der Waals surface area contributed by atoms with E-state index in [1.165, 1.54) is 0 Å². The molecule has 1 aromatic heterocycles. The lowest BCUT2D eigenvalue weighted by Crippen LogP contribution is -2.30. The Morgan fingerprint density at radius 1 is 1.32 bits per heavy atom. The Bertz CT molecular complexity index is 610. The van der Waals surface area contributed by atoms with Gasteiger partial charge in [0.25, 0.3) is 0 Å². The lowest BCUT2D eigenvalue weighted by atomic mass is 10.2. The number of hydrogen-bond donors (Lipinski definition) is 0. The molecule has 0 N–H and O–H groups in total. The molecule has 19 heavy (non-hydrogen) atoms. The average Bonchev–Trinajstić information content (AvgIpc) is 2.41. The lowest BCUT2D eigenvalue weighted by molar-refractivity contribution is -0.584. The molecule has 0 aliphatic heterocycles. The number of ether oxygens (including phenoxy) is 2. The van der Waals surface area contributed by atoms with Gasteiger partial charge in [0.2, 0.25) is 5.52 Å². The molecule has 100 valence electrons. The molecule has 5 nitrogen and oxygen atoms in total. The maximum Gasteiger partial charge on any atom is 0.344 e. The Morgan fingerprint density at radius 2 is 2.11 bits per heavy atom. The normalized spacial score (nSPS) is 10.4. The van der Waals surface area contributed by atoms with Crippen molar-refractivity contribution in [3.63, 3.8) is 0 Å². The molecule has 0 bridgehead atoms. The van der Waals surface area contributed by atoms with Crippen LogP contribution in [0.2, 0.25) is 0 Å². The molecule has 1 aromatic carbocycles. The van der Waals surface area contributed by atoms with Gasteiger partial charge in [0.15, 0.2) is 12.3 Å². The van der Waals surface area contributed by atoms with Gasteiger partial charge >= 0.3 is 5.97 Å². The van der Waals surface area contributed by atoms with Crippen LogP contribution >= 0.6 is 0 Å². The van der Waals surface area contributed by atoms with Crippen LogP contribution in [0.4, 0.5) is 0 Å². The maximum atomic E-state index is 11.8. The monoisotopic (exact) mass is 261 g/mol. The summed E-state index contributed by atoms with van der Waals surface area (Å²) in [4.78, 5) is 11.2. The second-order valence-corrected chi connectivity index (χ2v) is 4.08. The van der Waals surface area contributed by atoms with E-state index in [4.69, 9.17) is 9.47 Å². The lowest BCUT2D eigenvalue weighted by Gasteiger charge is -2.08. The van der Waals surface area contributed by atoms with Gasteiger partial charge in [-0.25, -0.2) is 4.79 Å². The first-order valence-electron chi connectivity index (χ1n) is 6.03. The molecule has 1 heterocycles. The van der Waals surface area contributed by atoms with Crippen LogP contribution in [0, 0.1) is 12.1 Å². The number of fused-ring (bicyclic) bond motifs is 1. The molecule has 0 saturated carbocycles. The van der Waals surface area contributed by atoms with E-state index in [9.17, 15) is 10.0 Å². The van der Waals surface area contributed by atoms with Gasteiger partial charge in [-0.3, -0.25) is 0 Å². The van der Waals surface area contributed by atoms with E-state index in [1.807, 2.05) is 6.07 Å². The number of nitrogens with zero attached hydrogens (tertiary/aromatic N) is 1. The Kier molecular flexibility index (Phi) is 3.85. The minimum atomic E-state index is -0.412. The first-order chi connectivity index (χ1) is 9.11. The van der Waals surface area contributed by atoms with Crippen LogP contribution in [-0.2, 0) is 9.53 Å². The minimum Gasteiger partial charge on any atom is -0.618 e. The van der Waals surface area contributed by atoms with Crippen molar-refractivity contribution in [2.24, 2.45) is 0 Å². The first kappa shape index (κ1) is 13.1. The number of carbonyl (C=O) groups excluding carboxylic acids is 1. The Balaban J connectivity index is 2.18. The summed E-state index contributed by atoms with van der Waals surface area (Å²) in [5, 5.41) is 12.6. The predicted octanol–water partition coefficient (Wildman–Crippen LogP) is 1.72. The predicted molar refractivity (Wildman–Crippen MR) is 69.8 cm³/mol. The van der Waals surface area contributed by atoms with Gasteiger partial charge in [0.05, 0.1) is 12.0 Å². The summed E-state index contributed by atoms with van der Waals surface area (Å²) in [5.41, 5.74) is 1.20. The number of esters is 1. The molecular weight excluding hydrogens is 246 g/mol. The topological polar surface area (TPSA) is 62.5 Å². The van der Waals surface area contributed by atoms with Gasteiger partial charge in [-0.15, -0.1) is 0 Å². The van der Waals surface area contributed by atoms with Crippen LogP contribution < -0.4 is 9.47 Å². The molecule has 0 unspecified atom stereocenters. The van der Waals surface area contributed by atoms with Crippen molar-refractivity contribution in [1.82, 2.24) is 0 Å². The van der Waals surface area contributed by atoms with Gasteiger partial charge < -0.3 is 14.7 Å². The van der Waals surface area contributed by atoms with Crippen molar-refractivity contribution in [3.8, 4) is 5.75 Å². The minimum absolute atomic E-state index is 0.136. The van der Waals surface area contributed by atoms with Crippen LogP contribution in [0.1, 0.15) is 12.6 Å². The van der Waals surface area contributed by atoms with E-state index >= 15 is 0 Å². The van der Waals surface area contributed by atoms with Gasteiger partial charge in [0.1, 0.15) is 5.75 Å². The summed E-state index contributed by atoms with van der Waals surface area (Å²) in [5.74, 6) is 0.120. The first-order valence-corrected chi connectivity index (χ1v) is 6.03. The average molecular weight is 261 g/mol. The largest absolute Gasteiger partial charge is 0.618 e. The molecule has 0 saturated heterocycles. The van der Waals surface area contributed by atoms with E-state index in [0.717, 1.165) is 10.1 Å². The fourth-order valence-electron chi connectivity index (χ4n) is 1.75. The molecule has 0 aliphatic rings. The fraction of sp³-hybridized carbons (Fsp3) is 0.286. The maximum absolute atomic E-state index is 11.8. The molecule has 0 amide bonds. The SMILES string of the molecule is CCOC(=O)COc1ccc2c(ccc(C)[n+]2[O-])c1. The quantitative estimate of drug-likeness (QED) is 0.477. The molecule has 2 aromatic rings. The third-order valence-corrected chi connectivity index (χ3v) is 2.70. The summed E-state index contributed by atoms with van der Waals surface area (Å²) in [7, 11) is 0. The van der Waals surface area contributed by atoms with Crippen LogP contribution in [0.15, 0.2) is 30.3 Å². The van der Waals surface area contributed by atoms with Crippen LogP contribution in [0.5, 0.6) is 5.75 Å². The van der Waals surface area contributed by atoms with Gasteiger partial charge in [-0.2, -0.15) is 4.73 Å². The second-order valence-electron chi connectivity index (χ2n) is 4.08. The van der Waals surface area contributed by atoms with Crippen molar-refractivity contribution >= 4 is 16.9 Å². The number of aryl methyl sites for hydroxylation is 1. The zero-order valence-electron chi connectivity index (χ0n) is 10.9. The summed E-state index contributed by atoms with van der Waals surface area (Å²) in [6.07, 6.45) is 0. The van der Waals surface area contributed by atoms with Gasteiger partial charge in [0, 0.05) is 19.1 Å². The van der Waals surface area contributed by atoms with E-state index in [-0.39, 0.29) is 6.61 Å². The fourth-order valence-corrected chi connectivity index (χ4v) is 1.75. The van der Waals surface area contributed by atoms with Crippen LogP contribution in [-0.4, -0.2) is 19.2 Å². The number of aromatic nitrogens is 1. The molecule has 2 rings (SSSR count). The van der Waals surface area contributed by atoms with E-state index in [0.29, 0.717) is 23.6 Å².